The van der Waals surface area contributed by atoms with E-state index in [1.54, 1.807) is 18.2 Å². The van der Waals surface area contributed by atoms with Crippen LogP contribution in [0.4, 0.5) is 24.5 Å². The van der Waals surface area contributed by atoms with E-state index >= 15 is 0 Å². The smallest absolute Gasteiger partial charge is 0.307 e. The van der Waals surface area contributed by atoms with Crippen LogP contribution in [0.15, 0.2) is 54.6 Å². The fraction of sp³-hybridized carbons (Fsp3) is 0.0667. The van der Waals surface area contributed by atoms with Crippen molar-refractivity contribution in [2.75, 3.05) is 10.9 Å². The first kappa shape index (κ1) is 19.2. The van der Waals surface area contributed by atoms with Crippen LogP contribution in [0.5, 0.6) is 0 Å². The third-order valence-electron chi connectivity index (χ3n) is 2.31. The number of hydrazine groups is 1. The average molecular weight is 312 g/mol. The number of rotatable bonds is 3. The summed E-state index contributed by atoms with van der Waals surface area (Å²) in [5, 5.41) is 0. The number of hydrogen-bond acceptors (Lipinski definition) is 4. The summed E-state index contributed by atoms with van der Waals surface area (Å²) in [5.41, 5.74) is 6.00. The Morgan fingerprint density at radius 3 is 1.77 bits per heavy atom. The van der Waals surface area contributed by atoms with Gasteiger partial charge in [-0.05, 0) is 30.3 Å². The number of alkyl halides is 3. The van der Waals surface area contributed by atoms with Crippen LogP contribution in [0.3, 0.4) is 0 Å². The van der Waals surface area contributed by atoms with Crippen molar-refractivity contribution in [3.05, 3.63) is 60.2 Å². The number of anilines is 2. The van der Waals surface area contributed by atoms with Crippen LogP contribution >= 0.6 is 0 Å². The van der Waals surface area contributed by atoms with Crippen molar-refractivity contribution < 1.29 is 22.8 Å². The first-order chi connectivity index (χ1) is 10.6. The summed E-state index contributed by atoms with van der Waals surface area (Å²) in [7, 11) is 0. The molecule has 0 spiro atoms. The van der Waals surface area contributed by atoms with Crippen molar-refractivity contribution in [3.8, 4) is 0 Å². The van der Waals surface area contributed by atoms with Crippen LogP contribution in [0.25, 0.3) is 0 Å². The van der Waals surface area contributed by atoms with Gasteiger partial charge in [-0.1, -0.05) is 24.3 Å². The molecule has 0 unspecified atom stereocenters. The Balaban J connectivity index is 0.00000102. The summed E-state index contributed by atoms with van der Waals surface area (Å²) < 4.78 is 37.4. The molecule has 0 atom stereocenters. The van der Waals surface area contributed by atoms with E-state index in [4.69, 9.17) is 9.59 Å². The lowest BCUT2D eigenvalue weighted by Gasteiger charge is -2.12. The number of benzene rings is 2. The van der Waals surface area contributed by atoms with Gasteiger partial charge in [0.15, 0.2) is 0 Å². The maximum absolute atomic E-state index is 12.5. The lowest BCUT2D eigenvalue weighted by atomic mass is 10.2. The number of hydrogen-bond donors (Lipinski definition) is 2. The number of nitrogens with one attached hydrogen (secondary N) is 2. The quantitative estimate of drug-likeness (QED) is 0.847. The predicted octanol–water partition coefficient (Wildman–Crippen LogP) is 3.77. The van der Waals surface area contributed by atoms with E-state index in [0.717, 1.165) is 17.8 Å². The largest absolute Gasteiger partial charge is 0.416 e. The van der Waals surface area contributed by atoms with Crippen molar-refractivity contribution in [2.24, 2.45) is 0 Å². The number of halogens is 3. The monoisotopic (exact) mass is 312 g/mol. The Morgan fingerprint density at radius 1 is 0.727 bits per heavy atom. The minimum absolute atomic E-state index is 0.355. The molecule has 0 fully saturated rings. The summed E-state index contributed by atoms with van der Waals surface area (Å²) in [5.74, 6) is 0. The summed E-state index contributed by atoms with van der Waals surface area (Å²) in [6.07, 6.45) is -4.33. The van der Waals surface area contributed by atoms with E-state index in [-0.39, 0.29) is 0 Å². The summed E-state index contributed by atoms with van der Waals surface area (Å²) in [6.45, 7) is 4.00. The second kappa shape index (κ2) is 9.98. The van der Waals surface area contributed by atoms with Gasteiger partial charge >= 0.3 is 6.18 Å². The molecule has 0 aliphatic heterocycles. The zero-order chi connectivity index (χ0) is 17.0. The van der Waals surface area contributed by atoms with Gasteiger partial charge in [0.25, 0.3) is 0 Å². The Labute approximate surface area is 125 Å². The first-order valence-corrected chi connectivity index (χ1v) is 5.88. The molecule has 0 saturated carbocycles. The van der Waals surface area contributed by atoms with E-state index < -0.39 is 11.7 Å². The third-order valence-corrected chi connectivity index (χ3v) is 2.31. The van der Waals surface area contributed by atoms with Gasteiger partial charge in [0, 0.05) is 0 Å². The molecule has 0 radical (unpaired) electrons. The summed E-state index contributed by atoms with van der Waals surface area (Å²) in [6, 6.07) is 14.1. The Kier molecular flexibility index (Phi) is 8.69. The average Bonchev–Trinajstić information content (AvgIpc) is 2.57. The zero-order valence-corrected chi connectivity index (χ0v) is 11.6. The first-order valence-electron chi connectivity index (χ1n) is 5.88. The number of para-hydroxylation sites is 1. The molecule has 7 heteroatoms. The van der Waals surface area contributed by atoms with Crippen molar-refractivity contribution in [2.45, 2.75) is 6.18 Å². The lowest BCUT2D eigenvalue weighted by molar-refractivity contribution is -0.137. The van der Waals surface area contributed by atoms with Gasteiger partial charge in [-0.25, -0.2) is 0 Å². The second-order valence-corrected chi connectivity index (χ2v) is 3.69. The highest BCUT2D eigenvalue weighted by molar-refractivity contribution is 5.53. The molecule has 0 amide bonds. The van der Waals surface area contributed by atoms with E-state index in [1.807, 2.05) is 31.8 Å². The number of carbonyl (C=O) groups is 2. The predicted molar refractivity (Wildman–Crippen MR) is 79.4 cm³/mol. The minimum atomic E-state index is -4.33. The fourth-order valence-corrected chi connectivity index (χ4v) is 1.44. The van der Waals surface area contributed by atoms with E-state index in [0.29, 0.717) is 5.69 Å². The summed E-state index contributed by atoms with van der Waals surface area (Å²) in [4.78, 5) is 16.0. The van der Waals surface area contributed by atoms with Crippen LogP contribution in [-0.2, 0) is 15.8 Å². The zero-order valence-electron chi connectivity index (χ0n) is 11.6. The van der Waals surface area contributed by atoms with Gasteiger partial charge in [-0.2, -0.15) is 13.2 Å². The van der Waals surface area contributed by atoms with Crippen molar-refractivity contribution in [1.29, 1.82) is 0 Å². The molecule has 22 heavy (non-hydrogen) atoms. The van der Waals surface area contributed by atoms with Gasteiger partial charge in [-0.15, -0.1) is 0 Å². The SMILES string of the molecule is C=O.C=O.FC(F)(F)c1cccc(NNc2ccccc2)c1. The molecular formula is C15H15F3N2O2. The van der Waals surface area contributed by atoms with Crippen LogP contribution in [-0.4, -0.2) is 13.6 Å². The molecule has 0 aromatic heterocycles. The Bertz CT molecular complexity index is 546. The van der Waals surface area contributed by atoms with Gasteiger partial charge in [0.05, 0.1) is 16.9 Å². The molecule has 0 aliphatic carbocycles. The molecule has 0 bridgehead atoms. The molecule has 2 rings (SSSR count). The van der Waals surface area contributed by atoms with Crippen LogP contribution < -0.4 is 10.9 Å². The lowest BCUT2D eigenvalue weighted by Crippen LogP contribution is -2.10. The molecule has 2 aromatic carbocycles. The summed E-state index contributed by atoms with van der Waals surface area (Å²) >= 11 is 0. The van der Waals surface area contributed by atoms with Gasteiger partial charge in [-0.3, -0.25) is 0 Å². The molecule has 0 saturated heterocycles. The maximum Gasteiger partial charge on any atom is 0.416 e. The van der Waals surface area contributed by atoms with Crippen LogP contribution in [0.1, 0.15) is 5.56 Å². The van der Waals surface area contributed by atoms with Gasteiger partial charge in [0.2, 0.25) is 0 Å². The molecule has 0 aliphatic rings. The maximum atomic E-state index is 12.5. The van der Waals surface area contributed by atoms with Crippen molar-refractivity contribution >= 4 is 25.0 Å². The minimum Gasteiger partial charge on any atom is -0.307 e. The highest BCUT2D eigenvalue weighted by atomic mass is 19.4. The highest BCUT2D eigenvalue weighted by Crippen LogP contribution is 2.30. The van der Waals surface area contributed by atoms with Crippen LogP contribution in [0, 0.1) is 0 Å². The normalized spacial score (nSPS) is 9.41. The standard InChI is InChI=1S/C13H11F3N2.2CH2O/c14-13(15,16)10-5-4-8-12(9-10)18-17-11-6-2-1-3-7-11;2*1-2/h1-9,17-18H;2*1H2. The highest BCUT2D eigenvalue weighted by Gasteiger charge is 2.30. The molecular weight excluding hydrogens is 297 g/mol. The fourth-order valence-electron chi connectivity index (χ4n) is 1.44. The van der Waals surface area contributed by atoms with Gasteiger partial charge < -0.3 is 20.4 Å². The topological polar surface area (TPSA) is 58.2 Å². The van der Waals surface area contributed by atoms with E-state index in [2.05, 4.69) is 10.9 Å². The van der Waals surface area contributed by atoms with Crippen molar-refractivity contribution in [1.82, 2.24) is 0 Å². The Hall–Kier alpha value is -2.83. The molecule has 0 heterocycles. The van der Waals surface area contributed by atoms with E-state index in [1.165, 1.54) is 6.07 Å². The molecule has 4 nitrogen and oxygen atoms in total. The van der Waals surface area contributed by atoms with Gasteiger partial charge in [0.1, 0.15) is 13.6 Å². The molecule has 2 N–H and O–H groups in total. The van der Waals surface area contributed by atoms with E-state index in [9.17, 15) is 13.2 Å². The number of carbonyl (C=O) groups excluding carboxylic acids is 2. The molecule has 2 aromatic rings. The Morgan fingerprint density at radius 2 is 1.23 bits per heavy atom. The second-order valence-electron chi connectivity index (χ2n) is 3.69. The van der Waals surface area contributed by atoms with Crippen LogP contribution in [0.2, 0.25) is 0 Å². The van der Waals surface area contributed by atoms with Crippen molar-refractivity contribution in [3.63, 3.8) is 0 Å². The third kappa shape index (κ3) is 6.56. The molecule has 118 valence electrons.